The molecule has 0 saturated carbocycles. The van der Waals surface area contributed by atoms with Gasteiger partial charge in [-0.1, -0.05) is 6.92 Å². The SMILES string of the molecule is CCCSCc1nccc(C(=O)O)n1. The highest BCUT2D eigenvalue weighted by molar-refractivity contribution is 7.98. The summed E-state index contributed by atoms with van der Waals surface area (Å²) in [6.45, 7) is 2.10. The van der Waals surface area contributed by atoms with Crippen molar-refractivity contribution in [3.63, 3.8) is 0 Å². The number of aromatic nitrogens is 2. The van der Waals surface area contributed by atoms with Crippen molar-refractivity contribution >= 4 is 17.7 Å². The molecule has 0 aromatic carbocycles. The van der Waals surface area contributed by atoms with E-state index < -0.39 is 5.97 Å². The van der Waals surface area contributed by atoms with E-state index >= 15 is 0 Å². The molecule has 1 N–H and O–H groups in total. The normalized spacial score (nSPS) is 10.1. The van der Waals surface area contributed by atoms with Crippen LogP contribution >= 0.6 is 11.8 Å². The second-order valence-corrected chi connectivity index (χ2v) is 3.82. The van der Waals surface area contributed by atoms with E-state index in [4.69, 9.17) is 5.11 Å². The van der Waals surface area contributed by atoms with Gasteiger partial charge >= 0.3 is 5.97 Å². The number of carboxylic acid groups (broad SMARTS) is 1. The number of thioether (sulfide) groups is 1. The Hall–Kier alpha value is -1.10. The summed E-state index contributed by atoms with van der Waals surface area (Å²) in [5, 5.41) is 8.68. The van der Waals surface area contributed by atoms with Gasteiger partial charge in [-0.3, -0.25) is 0 Å². The lowest BCUT2D eigenvalue weighted by Crippen LogP contribution is -2.03. The Bertz CT molecular complexity index is 317. The molecule has 76 valence electrons. The molecule has 1 heterocycles. The van der Waals surface area contributed by atoms with Gasteiger partial charge < -0.3 is 5.11 Å². The molecule has 0 unspecified atom stereocenters. The predicted octanol–water partition coefficient (Wildman–Crippen LogP) is 1.82. The molecule has 0 amide bonds. The summed E-state index contributed by atoms with van der Waals surface area (Å²) in [6, 6.07) is 1.40. The molecular weight excluding hydrogens is 200 g/mol. The van der Waals surface area contributed by atoms with Gasteiger partial charge in [-0.25, -0.2) is 14.8 Å². The van der Waals surface area contributed by atoms with Crippen LogP contribution < -0.4 is 0 Å². The standard InChI is InChI=1S/C9H12N2O2S/c1-2-5-14-6-8-10-4-3-7(11-8)9(12)13/h3-4H,2,5-6H2,1H3,(H,12,13). The number of hydrogen-bond acceptors (Lipinski definition) is 4. The van der Waals surface area contributed by atoms with Crippen LogP contribution in [0.3, 0.4) is 0 Å². The molecule has 1 rings (SSSR count). The minimum Gasteiger partial charge on any atom is -0.477 e. The van der Waals surface area contributed by atoms with E-state index in [1.807, 2.05) is 0 Å². The number of carbonyl (C=O) groups is 1. The monoisotopic (exact) mass is 212 g/mol. The summed E-state index contributed by atoms with van der Waals surface area (Å²) in [5.74, 6) is 1.30. The largest absolute Gasteiger partial charge is 0.477 e. The first-order chi connectivity index (χ1) is 6.74. The summed E-state index contributed by atoms with van der Waals surface area (Å²) in [4.78, 5) is 18.5. The predicted molar refractivity (Wildman–Crippen MR) is 55.4 cm³/mol. The summed E-state index contributed by atoms with van der Waals surface area (Å²) in [7, 11) is 0. The van der Waals surface area contributed by atoms with Crippen LogP contribution in [0.1, 0.15) is 29.7 Å². The van der Waals surface area contributed by atoms with Gasteiger partial charge in [-0.05, 0) is 18.2 Å². The van der Waals surface area contributed by atoms with Crippen LogP contribution in [-0.4, -0.2) is 26.8 Å². The van der Waals surface area contributed by atoms with Crippen molar-refractivity contribution in [2.75, 3.05) is 5.75 Å². The molecule has 4 nitrogen and oxygen atoms in total. The van der Waals surface area contributed by atoms with Gasteiger partial charge in [0.15, 0.2) is 5.69 Å². The van der Waals surface area contributed by atoms with Crippen molar-refractivity contribution < 1.29 is 9.90 Å². The second kappa shape index (κ2) is 5.59. The fourth-order valence-corrected chi connectivity index (χ4v) is 1.65. The molecule has 0 aliphatic rings. The number of hydrogen-bond donors (Lipinski definition) is 1. The molecule has 0 aliphatic heterocycles. The van der Waals surface area contributed by atoms with Crippen LogP contribution in [0.4, 0.5) is 0 Å². The molecule has 14 heavy (non-hydrogen) atoms. The highest BCUT2D eigenvalue weighted by Crippen LogP contribution is 2.09. The maximum atomic E-state index is 10.6. The fraction of sp³-hybridized carbons (Fsp3) is 0.444. The highest BCUT2D eigenvalue weighted by Gasteiger charge is 2.05. The van der Waals surface area contributed by atoms with Crippen LogP contribution in [0, 0.1) is 0 Å². The number of rotatable bonds is 5. The van der Waals surface area contributed by atoms with Crippen molar-refractivity contribution in [2.45, 2.75) is 19.1 Å². The average molecular weight is 212 g/mol. The first kappa shape index (κ1) is 11.0. The quantitative estimate of drug-likeness (QED) is 0.754. The first-order valence-electron chi connectivity index (χ1n) is 4.37. The topological polar surface area (TPSA) is 63.1 Å². The Morgan fingerprint density at radius 2 is 2.43 bits per heavy atom. The number of nitrogens with zero attached hydrogens (tertiary/aromatic N) is 2. The molecule has 0 fully saturated rings. The second-order valence-electron chi connectivity index (χ2n) is 2.72. The Morgan fingerprint density at radius 3 is 3.07 bits per heavy atom. The molecular formula is C9H12N2O2S. The molecule has 0 radical (unpaired) electrons. The zero-order valence-electron chi connectivity index (χ0n) is 7.93. The zero-order chi connectivity index (χ0) is 10.4. The molecule has 5 heteroatoms. The van der Waals surface area contributed by atoms with Crippen molar-refractivity contribution in [3.8, 4) is 0 Å². The molecule has 0 bridgehead atoms. The van der Waals surface area contributed by atoms with Crippen LogP contribution in [0.5, 0.6) is 0 Å². The third-order valence-corrected chi connectivity index (χ3v) is 2.66. The Kier molecular flexibility index (Phi) is 4.39. The maximum absolute atomic E-state index is 10.6. The zero-order valence-corrected chi connectivity index (χ0v) is 8.75. The van der Waals surface area contributed by atoms with Gasteiger partial charge in [0.25, 0.3) is 0 Å². The Morgan fingerprint density at radius 1 is 1.64 bits per heavy atom. The summed E-state index contributed by atoms with van der Waals surface area (Å²) in [6.07, 6.45) is 2.58. The van der Waals surface area contributed by atoms with Gasteiger partial charge in [-0.2, -0.15) is 11.8 Å². The minimum absolute atomic E-state index is 0.0621. The third kappa shape index (κ3) is 3.33. The molecule has 0 saturated heterocycles. The Labute approximate surface area is 86.8 Å². The van der Waals surface area contributed by atoms with E-state index in [9.17, 15) is 4.79 Å². The van der Waals surface area contributed by atoms with E-state index in [0.29, 0.717) is 11.6 Å². The molecule has 0 aliphatic carbocycles. The lowest BCUT2D eigenvalue weighted by molar-refractivity contribution is 0.0690. The van der Waals surface area contributed by atoms with Gasteiger partial charge in [-0.15, -0.1) is 0 Å². The summed E-state index contributed by atoms with van der Waals surface area (Å²) in [5.41, 5.74) is 0.0621. The smallest absolute Gasteiger partial charge is 0.354 e. The number of aromatic carboxylic acids is 1. The van der Waals surface area contributed by atoms with E-state index in [2.05, 4.69) is 16.9 Å². The van der Waals surface area contributed by atoms with Gasteiger partial charge in [0.05, 0.1) is 5.75 Å². The molecule has 0 spiro atoms. The van der Waals surface area contributed by atoms with E-state index in [-0.39, 0.29) is 5.69 Å². The summed E-state index contributed by atoms with van der Waals surface area (Å²) < 4.78 is 0. The minimum atomic E-state index is -1.01. The third-order valence-electron chi connectivity index (χ3n) is 1.50. The Balaban J connectivity index is 2.59. The summed E-state index contributed by atoms with van der Waals surface area (Å²) >= 11 is 1.71. The highest BCUT2D eigenvalue weighted by atomic mass is 32.2. The molecule has 0 atom stereocenters. The lowest BCUT2D eigenvalue weighted by atomic mass is 10.4. The van der Waals surface area contributed by atoms with Crippen molar-refractivity contribution in [2.24, 2.45) is 0 Å². The van der Waals surface area contributed by atoms with Crippen LogP contribution in [0.15, 0.2) is 12.3 Å². The van der Waals surface area contributed by atoms with Crippen molar-refractivity contribution in [1.29, 1.82) is 0 Å². The van der Waals surface area contributed by atoms with Crippen molar-refractivity contribution in [1.82, 2.24) is 9.97 Å². The average Bonchev–Trinajstić information content (AvgIpc) is 2.19. The van der Waals surface area contributed by atoms with Crippen LogP contribution in [-0.2, 0) is 5.75 Å². The number of carboxylic acids is 1. The van der Waals surface area contributed by atoms with Crippen molar-refractivity contribution in [3.05, 3.63) is 23.8 Å². The van der Waals surface area contributed by atoms with E-state index in [1.54, 1.807) is 11.8 Å². The molecule has 1 aromatic rings. The molecule has 1 aromatic heterocycles. The van der Waals surface area contributed by atoms with Gasteiger partial charge in [0.1, 0.15) is 5.82 Å². The van der Waals surface area contributed by atoms with E-state index in [1.165, 1.54) is 12.3 Å². The van der Waals surface area contributed by atoms with Gasteiger partial charge in [0, 0.05) is 6.20 Å². The fourth-order valence-electron chi connectivity index (χ4n) is 0.896. The first-order valence-corrected chi connectivity index (χ1v) is 5.52. The van der Waals surface area contributed by atoms with Crippen LogP contribution in [0.25, 0.3) is 0 Å². The van der Waals surface area contributed by atoms with Crippen LogP contribution in [0.2, 0.25) is 0 Å². The lowest BCUT2D eigenvalue weighted by Gasteiger charge is -1.99. The van der Waals surface area contributed by atoms with Gasteiger partial charge in [0.2, 0.25) is 0 Å². The maximum Gasteiger partial charge on any atom is 0.354 e. The van der Waals surface area contributed by atoms with E-state index in [0.717, 1.165) is 12.2 Å².